The first kappa shape index (κ1) is 20.8. The second-order valence-electron chi connectivity index (χ2n) is 8.67. The van der Waals surface area contributed by atoms with Gasteiger partial charge in [-0.15, -0.1) is 0 Å². The van der Waals surface area contributed by atoms with E-state index in [0.29, 0.717) is 11.6 Å². The zero-order valence-corrected chi connectivity index (χ0v) is 19.9. The van der Waals surface area contributed by atoms with E-state index < -0.39 is 0 Å². The van der Waals surface area contributed by atoms with Crippen LogP contribution in [0.1, 0.15) is 0 Å². The highest BCUT2D eigenvalue weighted by molar-refractivity contribution is 6.28. The van der Waals surface area contributed by atoms with Gasteiger partial charge in [0.2, 0.25) is 5.28 Å². The Morgan fingerprint density at radius 1 is 0.500 bits per heavy atom. The molecule has 7 rings (SSSR count). The Balaban J connectivity index is 1.52. The predicted molar refractivity (Wildman–Crippen MR) is 148 cm³/mol. The zero-order chi connectivity index (χ0) is 24.1. The highest BCUT2D eigenvalue weighted by Crippen LogP contribution is 2.38. The minimum Gasteiger partial charge on any atom is -0.309 e. The van der Waals surface area contributed by atoms with Crippen molar-refractivity contribution in [3.05, 3.63) is 121 Å². The Labute approximate surface area is 212 Å². The molecule has 0 aliphatic heterocycles. The van der Waals surface area contributed by atoms with Crippen LogP contribution in [0.5, 0.6) is 0 Å². The summed E-state index contributed by atoms with van der Waals surface area (Å²) in [7, 11) is 0. The van der Waals surface area contributed by atoms with Crippen molar-refractivity contribution >= 4 is 44.2 Å². The average molecular weight is 483 g/mol. The fourth-order valence-electron chi connectivity index (χ4n) is 5.07. The van der Waals surface area contributed by atoms with Gasteiger partial charge in [-0.25, -0.2) is 4.98 Å². The summed E-state index contributed by atoms with van der Waals surface area (Å²) in [5.41, 5.74) is 5.16. The molecule has 36 heavy (non-hydrogen) atoms. The van der Waals surface area contributed by atoms with Crippen LogP contribution in [0.25, 0.3) is 61.0 Å². The third-order valence-electron chi connectivity index (χ3n) is 6.59. The number of para-hydroxylation sites is 2. The van der Waals surface area contributed by atoms with Crippen LogP contribution in [0.2, 0.25) is 5.28 Å². The minimum absolute atomic E-state index is 0.173. The molecule has 0 saturated heterocycles. The number of nitrogens with zero attached hydrogens (tertiary/aromatic N) is 4. The Hall–Kier alpha value is -4.54. The van der Waals surface area contributed by atoms with Gasteiger partial charge in [0.05, 0.1) is 11.0 Å². The number of hydrogen-bond acceptors (Lipinski definition) is 3. The van der Waals surface area contributed by atoms with Crippen molar-refractivity contribution in [3.63, 3.8) is 0 Å². The highest BCUT2D eigenvalue weighted by atomic mass is 35.5. The highest BCUT2D eigenvalue weighted by Gasteiger charge is 2.19. The van der Waals surface area contributed by atoms with Crippen molar-refractivity contribution in [2.45, 2.75) is 0 Å². The average Bonchev–Trinajstić information content (AvgIpc) is 3.27. The summed E-state index contributed by atoms with van der Waals surface area (Å²) < 4.78 is 2.28. The maximum atomic E-state index is 6.50. The Morgan fingerprint density at radius 2 is 1.11 bits per heavy atom. The quantitative estimate of drug-likeness (QED) is 0.255. The van der Waals surface area contributed by atoms with Gasteiger partial charge in [0.15, 0.2) is 11.6 Å². The molecule has 0 radical (unpaired) electrons. The Bertz CT molecular complexity index is 1900. The lowest BCUT2D eigenvalue weighted by molar-refractivity contribution is 1.07. The molecule has 7 aromatic rings. The monoisotopic (exact) mass is 482 g/mol. The van der Waals surface area contributed by atoms with Crippen LogP contribution < -0.4 is 0 Å². The van der Waals surface area contributed by atoms with Gasteiger partial charge in [-0.3, -0.25) is 0 Å². The summed E-state index contributed by atoms with van der Waals surface area (Å²) in [6.45, 7) is 0. The lowest BCUT2D eigenvalue weighted by atomic mass is 10.0. The molecule has 170 valence electrons. The summed E-state index contributed by atoms with van der Waals surface area (Å²) >= 11 is 6.50. The van der Waals surface area contributed by atoms with E-state index in [4.69, 9.17) is 16.6 Å². The number of aromatic nitrogens is 4. The van der Waals surface area contributed by atoms with E-state index in [0.717, 1.165) is 49.4 Å². The molecule has 0 aliphatic carbocycles. The molecule has 5 heteroatoms. The summed E-state index contributed by atoms with van der Waals surface area (Å²) in [5.74, 6) is 1.12. The topological polar surface area (TPSA) is 43.6 Å². The van der Waals surface area contributed by atoms with Gasteiger partial charge in [-0.05, 0) is 46.6 Å². The molecule has 5 aromatic carbocycles. The number of hydrogen-bond donors (Lipinski definition) is 0. The lowest BCUT2D eigenvalue weighted by Gasteiger charge is -2.10. The van der Waals surface area contributed by atoms with E-state index in [1.807, 2.05) is 36.4 Å². The van der Waals surface area contributed by atoms with Crippen LogP contribution in [0.3, 0.4) is 0 Å². The number of fused-ring (bicyclic) bond motifs is 4. The van der Waals surface area contributed by atoms with Crippen LogP contribution in [-0.4, -0.2) is 19.5 Å². The standard InChI is InChI=1S/C31H19ClN4/c32-31-34-29(23-16-8-11-20-10-4-5-14-22(20)23)33-30(35-31)25-17-9-19-27-28(25)24-15-6-7-18-26(24)36(27)21-12-2-1-3-13-21/h1-19H. The van der Waals surface area contributed by atoms with Gasteiger partial charge in [-0.2, -0.15) is 9.97 Å². The minimum atomic E-state index is 0.173. The van der Waals surface area contributed by atoms with E-state index >= 15 is 0 Å². The van der Waals surface area contributed by atoms with Crippen molar-refractivity contribution in [1.29, 1.82) is 0 Å². The van der Waals surface area contributed by atoms with E-state index in [1.165, 1.54) is 0 Å². The summed E-state index contributed by atoms with van der Waals surface area (Å²) in [5, 5.41) is 4.60. The van der Waals surface area contributed by atoms with Crippen LogP contribution in [0.4, 0.5) is 0 Å². The van der Waals surface area contributed by atoms with Crippen molar-refractivity contribution in [1.82, 2.24) is 19.5 Å². The van der Waals surface area contributed by atoms with E-state index in [2.05, 4.69) is 93.4 Å². The number of halogens is 1. The third-order valence-corrected chi connectivity index (χ3v) is 6.76. The van der Waals surface area contributed by atoms with Crippen molar-refractivity contribution in [3.8, 4) is 28.5 Å². The van der Waals surface area contributed by atoms with Crippen molar-refractivity contribution in [2.75, 3.05) is 0 Å². The number of benzene rings is 5. The molecule has 0 N–H and O–H groups in total. The molecule has 0 fully saturated rings. The molecule has 2 heterocycles. The second kappa shape index (κ2) is 8.29. The molecule has 2 aromatic heterocycles. The first-order valence-corrected chi connectivity index (χ1v) is 12.1. The summed E-state index contributed by atoms with van der Waals surface area (Å²) in [4.78, 5) is 14.0. The molecular weight excluding hydrogens is 464 g/mol. The van der Waals surface area contributed by atoms with E-state index in [9.17, 15) is 0 Å². The zero-order valence-electron chi connectivity index (χ0n) is 19.1. The third kappa shape index (κ3) is 3.27. The molecule has 0 aliphatic rings. The molecule has 0 bridgehead atoms. The lowest BCUT2D eigenvalue weighted by Crippen LogP contribution is -1.98. The van der Waals surface area contributed by atoms with Crippen LogP contribution in [-0.2, 0) is 0 Å². The number of rotatable bonds is 3. The van der Waals surface area contributed by atoms with Gasteiger partial charge >= 0.3 is 0 Å². The largest absolute Gasteiger partial charge is 0.309 e. The predicted octanol–water partition coefficient (Wildman–Crippen LogP) is 8.11. The molecule has 0 saturated carbocycles. The molecule has 0 amide bonds. The van der Waals surface area contributed by atoms with Crippen LogP contribution in [0, 0.1) is 0 Å². The Morgan fingerprint density at radius 3 is 1.97 bits per heavy atom. The van der Waals surface area contributed by atoms with Gasteiger partial charge in [0.1, 0.15) is 0 Å². The maximum absolute atomic E-state index is 6.50. The fraction of sp³-hybridized carbons (Fsp3) is 0. The van der Waals surface area contributed by atoms with Gasteiger partial charge < -0.3 is 4.57 Å². The van der Waals surface area contributed by atoms with Gasteiger partial charge in [0.25, 0.3) is 0 Å². The van der Waals surface area contributed by atoms with Crippen molar-refractivity contribution < 1.29 is 0 Å². The SMILES string of the molecule is Clc1nc(-c2cccc3ccccc23)nc(-c2cccc3c2c2ccccc2n3-c2ccccc2)n1. The maximum Gasteiger partial charge on any atom is 0.226 e. The molecular formula is C31H19ClN4. The van der Waals surface area contributed by atoms with Gasteiger partial charge in [0, 0.05) is 27.6 Å². The van der Waals surface area contributed by atoms with E-state index in [-0.39, 0.29) is 5.28 Å². The first-order chi connectivity index (χ1) is 17.8. The van der Waals surface area contributed by atoms with E-state index in [1.54, 1.807) is 0 Å². The molecule has 0 unspecified atom stereocenters. The fourth-order valence-corrected chi connectivity index (χ4v) is 5.23. The molecule has 0 spiro atoms. The second-order valence-corrected chi connectivity index (χ2v) is 9.00. The first-order valence-electron chi connectivity index (χ1n) is 11.8. The summed E-state index contributed by atoms with van der Waals surface area (Å²) in [6.07, 6.45) is 0. The van der Waals surface area contributed by atoms with Crippen LogP contribution in [0.15, 0.2) is 115 Å². The summed E-state index contributed by atoms with van der Waals surface area (Å²) in [6, 6.07) is 39.4. The van der Waals surface area contributed by atoms with Crippen LogP contribution >= 0.6 is 11.6 Å². The molecule has 4 nitrogen and oxygen atoms in total. The van der Waals surface area contributed by atoms with Gasteiger partial charge in [-0.1, -0.05) is 91.0 Å². The molecule has 0 atom stereocenters. The normalized spacial score (nSPS) is 11.5. The smallest absolute Gasteiger partial charge is 0.226 e. The van der Waals surface area contributed by atoms with Crippen molar-refractivity contribution in [2.24, 2.45) is 0 Å². The Kier molecular flexibility index (Phi) is 4.79.